The van der Waals surface area contributed by atoms with Crippen LogP contribution in [0.4, 0.5) is 0 Å². The Morgan fingerprint density at radius 2 is 1.78 bits per heavy atom. The zero-order chi connectivity index (χ0) is 14.0. The summed E-state index contributed by atoms with van der Waals surface area (Å²) >= 11 is 0. The number of likely N-dealkylation sites (N-methyl/N-ethyl adjacent to an activating group) is 1. The first-order valence-corrected chi connectivity index (χ1v) is 7.77. The van der Waals surface area contributed by atoms with Gasteiger partial charge in [-0.3, -0.25) is 0 Å². The van der Waals surface area contributed by atoms with Crippen LogP contribution in [0, 0.1) is 0 Å². The van der Waals surface area contributed by atoms with Crippen LogP contribution in [0.1, 0.15) is 19.4 Å². The van der Waals surface area contributed by atoms with Gasteiger partial charge < -0.3 is 10.0 Å². The minimum atomic E-state index is -3.18. The Bertz CT molecular complexity index is 491. The maximum Gasteiger partial charge on any atom is 0.175 e. The highest BCUT2D eigenvalue weighted by molar-refractivity contribution is 7.90. The minimum absolute atomic E-state index is 0.269. The van der Waals surface area contributed by atoms with Gasteiger partial charge in [-0.1, -0.05) is 19.1 Å². The van der Waals surface area contributed by atoms with Gasteiger partial charge >= 0.3 is 0 Å². The number of aliphatic hydroxyl groups is 1. The fourth-order valence-corrected chi connectivity index (χ4v) is 2.42. The van der Waals surface area contributed by atoms with Crippen molar-refractivity contribution in [2.75, 3.05) is 26.4 Å². The first-order chi connectivity index (χ1) is 8.16. The number of benzene rings is 1. The Morgan fingerprint density at radius 3 is 2.17 bits per heavy atom. The molecule has 0 heterocycles. The Labute approximate surface area is 109 Å². The average Bonchev–Trinajstić information content (AvgIpc) is 2.27. The third-order valence-corrected chi connectivity index (χ3v) is 4.15. The van der Waals surface area contributed by atoms with Gasteiger partial charge in [-0.05, 0) is 38.2 Å². The van der Waals surface area contributed by atoms with E-state index in [1.807, 2.05) is 18.9 Å². The molecule has 1 aromatic rings. The summed E-state index contributed by atoms with van der Waals surface area (Å²) in [5.74, 6) is 0. The maximum atomic E-state index is 11.3. The number of rotatable bonds is 5. The quantitative estimate of drug-likeness (QED) is 0.875. The van der Waals surface area contributed by atoms with Crippen LogP contribution >= 0.6 is 0 Å². The van der Waals surface area contributed by atoms with Crippen molar-refractivity contribution in [3.05, 3.63) is 29.8 Å². The van der Waals surface area contributed by atoms with E-state index in [1.165, 1.54) is 18.4 Å². The molecule has 0 aliphatic carbocycles. The first kappa shape index (κ1) is 15.1. The summed E-state index contributed by atoms with van der Waals surface area (Å²) < 4.78 is 22.7. The molecule has 1 atom stereocenters. The van der Waals surface area contributed by atoms with E-state index >= 15 is 0 Å². The molecule has 0 aliphatic rings. The summed E-state index contributed by atoms with van der Waals surface area (Å²) in [5.41, 5.74) is -0.268. The van der Waals surface area contributed by atoms with E-state index in [4.69, 9.17) is 0 Å². The van der Waals surface area contributed by atoms with Crippen LogP contribution in [-0.2, 0) is 15.4 Å². The molecule has 5 heteroatoms. The molecule has 0 bridgehead atoms. The van der Waals surface area contributed by atoms with Gasteiger partial charge in [-0.2, -0.15) is 0 Å². The number of sulfone groups is 1. The van der Waals surface area contributed by atoms with E-state index in [9.17, 15) is 13.5 Å². The summed E-state index contributed by atoms with van der Waals surface area (Å²) in [6, 6.07) is 6.40. The van der Waals surface area contributed by atoms with E-state index < -0.39 is 15.4 Å². The second-order valence-electron chi connectivity index (χ2n) is 4.90. The summed E-state index contributed by atoms with van der Waals surface area (Å²) in [7, 11) is -1.25. The maximum absolute atomic E-state index is 11.3. The van der Waals surface area contributed by atoms with Gasteiger partial charge in [0.15, 0.2) is 9.84 Å². The topological polar surface area (TPSA) is 57.6 Å². The number of hydrogen-bond acceptors (Lipinski definition) is 4. The zero-order valence-corrected chi connectivity index (χ0v) is 12.2. The fraction of sp³-hybridized carbons (Fsp3) is 0.538. The largest absolute Gasteiger partial charge is 0.384 e. The first-order valence-electron chi connectivity index (χ1n) is 5.88. The van der Waals surface area contributed by atoms with Crippen molar-refractivity contribution in [3.8, 4) is 0 Å². The van der Waals surface area contributed by atoms with E-state index in [-0.39, 0.29) is 4.90 Å². The molecule has 0 aromatic heterocycles. The van der Waals surface area contributed by atoms with Crippen LogP contribution in [0.3, 0.4) is 0 Å². The molecule has 0 saturated heterocycles. The van der Waals surface area contributed by atoms with Crippen molar-refractivity contribution >= 4 is 9.84 Å². The second-order valence-corrected chi connectivity index (χ2v) is 6.92. The van der Waals surface area contributed by atoms with Crippen LogP contribution in [0.25, 0.3) is 0 Å². The lowest BCUT2D eigenvalue weighted by atomic mass is 9.95. The molecule has 0 aliphatic heterocycles. The SMILES string of the molecule is CCN(C)CC(C)(O)c1ccc(S(C)(=O)=O)cc1. The molecule has 0 spiro atoms. The highest BCUT2D eigenvalue weighted by Crippen LogP contribution is 2.23. The molecule has 1 unspecified atom stereocenters. The Morgan fingerprint density at radius 1 is 1.28 bits per heavy atom. The lowest BCUT2D eigenvalue weighted by Gasteiger charge is -2.29. The van der Waals surface area contributed by atoms with Crippen molar-refractivity contribution in [3.63, 3.8) is 0 Å². The lowest BCUT2D eigenvalue weighted by Crippen LogP contribution is -2.36. The molecule has 102 valence electrons. The molecule has 18 heavy (non-hydrogen) atoms. The molecular weight excluding hydrogens is 250 g/mol. The van der Waals surface area contributed by atoms with Crippen LogP contribution in [-0.4, -0.2) is 44.8 Å². The second kappa shape index (κ2) is 5.38. The number of hydrogen-bond donors (Lipinski definition) is 1. The lowest BCUT2D eigenvalue weighted by molar-refractivity contribution is 0.0247. The summed E-state index contributed by atoms with van der Waals surface area (Å²) in [5, 5.41) is 10.4. The minimum Gasteiger partial charge on any atom is -0.384 e. The van der Waals surface area contributed by atoms with Gasteiger partial charge in [-0.25, -0.2) is 8.42 Å². The molecular formula is C13H21NO3S. The standard InChI is InChI=1S/C13H21NO3S/c1-5-14(3)10-13(2,15)11-6-8-12(9-7-11)18(4,16)17/h6-9,15H,5,10H2,1-4H3. The average molecular weight is 271 g/mol. The van der Waals surface area contributed by atoms with Gasteiger partial charge in [0.25, 0.3) is 0 Å². The highest BCUT2D eigenvalue weighted by atomic mass is 32.2. The van der Waals surface area contributed by atoms with Gasteiger partial charge in [0.05, 0.1) is 10.5 Å². The van der Waals surface area contributed by atoms with Gasteiger partial charge in [0, 0.05) is 12.8 Å². The Kier molecular flexibility index (Phi) is 4.53. The summed E-state index contributed by atoms with van der Waals surface area (Å²) in [4.78, 5) is 2.27. The Hall–Kier alpha value is -0.910. The van der Waals surface area contributed by atoms with Crippen LogP contribution in [0.15, 0.2) is 29.2 Å². The zero-order valence-electron chi connectivity index (χ0n) is 11.3. The number of nitrogens with zero attached hydrogens (tertiary/aromatic N) is 1. The van der Waals surface area contributed by atoms with E-state index in [2.05, 4.69) is 0 Å². The molecule has 1 rings (SSSR count). The van der Waals surface area contributed by atoms with E-state index in [0.717, 1.165) is 12.1 Å². The van der Waals surface area contributed by atoms with Crippen LogP contribution in [0.2, 0.25) is 0 Å². The Balaban J connectivity index is 2.97. The van der Waals surface area contributed by atoms with Crippen molar-refractivity contribution < 1.29 is 13.5 Å². The molecule has 0 fully saturated rings. The molecule has 0 amide bonds. The van der Waals surface area contributed by atoms with Gasteiger partial charge in [0.2, 0.25) is 0 Å². The normalized spacial score (nSPS) is 15.7. The molecule has 0 saturated carbocycles. The summed E-state index contributed by atoms with van der Waals surface area (Å²) in [6.07, 6.45) is 1.17. The third-order valence-electron chi connectivity index (χ3n) is 3.02. The predicted octanol–water partition coefficient (Wildman–Crippen LogP) is 1.25. The van der Waals surface area contributed by atoms with Crippen molar-refractivity contribution in [1.82, 2.24) is 4.90 Å². The van der Waals surface area contributed by atoms with Crippen molar-refractivity contribution in [2.24, 2.45) is 0 Å². The fourth-order valence-electron chi connectivity index (χ4n) is 1.79. The van der Waals surface area contributed by atoms with E-state index in [0.29, 0.717) is 6.54 Å². The van der Waals surface area contributed by atoms with Crippen molar-refractivity contribution in [2.45, 2.75) is 24.3 Å². The van der Waals surface area contributed by atoms with Gasteiger partial charge in [0.1, 0.15) is 0 Å². The molecule has 1 N–H and O–H groups in total. The van der Waals surface area contributed by atoms with Gasteiger partial charge in [-0.15, -0.1) is 0 Å². The van der Waals surface area contributed by atoms with E-state index in [1.54, 1.807) is 19.1 Å². The van der Waals surface area contributed by atoms with Crippen molar-refractivity contribution in [1.29, 1.82) is 0 Å². The predicted molar refractivity (Wildman–Crippen MR) is 72.3 cm³/mol. The molecule has 4 nitrogen and oxygen atoms in total. The monoisotopic (exact) mass is 271 g/mol. The van der Waals surface area contributed by atoms with Crippen LogP contribution in [0.5, 0.6) is 0 Å². The summed E-state index contributed by atoms with van der Waals surface area (Å²) in [6.45, 7) is 5.09. The smallest absolute Gasteiger partial charge is 0.175 e. The third kappa shape index (κ3) is 3.80. The molecule has 1 aromatic carbocycles. The molecule has 0 radical (unpaired) electrons. The van der Waals surface area contributed by atoms with Crippen LogP contribution < -0.4 is 0 Å². The highest BCUT2D eigenvalue weighted by Gasteiger charge is 2.24.